The Bertz CT molecular complexity index is 1070. The van der Waals surface area contributed by atoms with E-state index in [4.69, 9.17) is 9.47 Å². The van der Waals surface area contributed by atoms with Crippen molar-refractivity contribution in [2.75, 3.05) is 19.5 Å². The Hall–Kier alpha value is -3.12. The molecule has 130 valence electrons. The van der Waals surface area contributed by atoms with Gasteiger partial charge in [0.05, 0.1) is 24.6 Å². The number of nitrogens with zero attached hydrogens (tertiary/aromatic N) is 1. The highest BCUT2D eigenvalue weighted by atomic mass is 32.1. The number of nitrogens with one attached hydrogen (secondary N) is 1. The largest absolute Gasteiger partial charge is 0.493 e. The normalized spacial score (nSPS) is 10.8. The van der Waals surface area contributed by atoms with Crippen LogP contribution in [0, 0.1) is 0 Å². The third-order valence-electron chi connectivity index (χ3n) is 4.08. The summed E-state index contributed by atoms with van der Waals surface area (Å²) in [6.07, 6.45) is 0. The van der Waals surface area contributed by atoms with Gasteiger partial charge in [0.1, 0.15) is 4.83 Å². The van der Waals surface area contributed by atoms with Gasteiger partial charge in [-0.05, 0) is 30.3 Å². The summed E-state index contributed by atoms with van der Waals surface area (Å²) in [5, 5.41) is 4.92. The Morgan fingerprint density at radius 1 is 0.962 bits per heavy atom. The molecular formula is C20H16N2O3S. The summed E-state index contributed by atoms with van der Waals surface area (Å²) in [6, 6.07) is 17.1. The van der Waals surface area contributed by atoms with Gasteiger partial charge in [0.25, 0.3) is 5.91 Å². The van der Waals surface area contributed by atoms with Gasteiger partial charge in [-0.2, -0.15) is 0 Å². The lowest BCUT2D eigenvalue weighted by Gasteiger charge is -2.10. The minimum Gasteiger partial charge on any atom is -0.493 e. The molecule has 1 amide bonds. The summed E-state index contributed by atoms with van der Waals surface area (Å²) in [5.74, 6) is 1.00. The van der Waals surface area contributed by atoms with Crippen molar-refractivity contribution >= 4 is 44.1 Å². The van der Waals surface area contributed by atoms with Crippen molar-refractivity contribution in [1.82, 2.24) is 4.98 Å². The minimum atomic E-state index is -0.177. The Kier molecular flexibility index (Phi) is 4.18. The molecule has 2 aromatic carbocycles. The second-order valence-electron chi connectivity index (χ2n) is 5.71. The molecule has 0 fully saturated rings. The maximum absolute atomic E-state index is 12.6. The molecule has 0 unspecified atom stereocenters. The Morgan fingerprint density at radius 2 is 1.77 bits per heavy atom. The SMILES string of the molecule is COc1ccc(NC(=O)c2cc3cc4ccccc4nc3s2)cc1OC. The Balaban J connectivity index is 1.64. The number of hydrogen-bond acceptors (Lipinski definition) is 5. The summed E-state index contributed by atoms with van der Waals surface area (Å²) >= 11 is 1.38. The fourth-order valence-corrected chi connectivity index (χ4v) is 3.71. The quantitative estimate of drug-likeness (QED) is 0.569. The number of ether oxygens (including phenoxy) is 2. The number of thiophene rings is 1. The van der Waals surface area contributed by atoms with Crippen LogP contribution < -0.4 is 14.8 Å². The van der Waals surface area contributed by atoms with Crippen LogP contribution in [-0.2, 0) is 0 Å². The molecule has 4 aromatic rings. The summed E-state index contributed by atoms with van der Waals surface area (Å²) < 4.78 is 10.5. The molecule has 4 rings (SSSR count). The highest BCUT2D eigenvalue weighted by Gasteiger charge is 2.13. The maximum atomic E-state index is 12.6. The van der Waals surface area contributed by atoms with Crippen LogP contribution in [0.3, 0.4) is 0 Å². The molecule has 1 N–H and O–H groups in total. The average Bonchev–Trinajstić information content (AvgIpc) is 3.09. The Labute approximate surface area is 154 Å². The van der Waals surface area contributed by atoms with E-state index in [1.807, 2.05) is 30.3 Å². The van der Waals surface area contributed by atoms with Gasteiger partial charge in [0.2, 0.25) is 0 Å². The van der Waals surface area contributed by atoms with E-state index in [1.54, 1.807) is 32.4 Å². The van der Waals surface area contributed by atoms with Crippen molar-refractivity contribution in [3.05, 3.63) is 59.5 Å². The van der Waals surface area contributed by atoms with E-state index >= 15 is 0 Å². The number of benzene rings is 2. The molecule has 0 spiro atoms. The first-order chi connectivity index (χ1) is 12.7. The Morgan fingerprint density at radius 3 is 2.58 bits per heavy atom. The molecule has 0 saturated heterocycles. The number of rotatable bonds is 4. The first-order valence-electron chi connectivity index (χ1n) is 8.00. The average molecular weight is 364 g/mol. The monoisotopic (exact) mass is 364 g/mol. The highest BCUT2D eigenvalue weighted by molar-refractivity contribution is 7.20. The van der Waals surface area contributed by atoms with Crippen molar-refractivity contribution in [3.8, 4) is 11.5 Å². The molecule has 0 aliphatic rings. The molecule has 26 heavy (non-hydrogen) atoms. The van der Waals surface area contributed by atoms with Crippen LogP contribution in [0.1, 0.15) is 9.67 Å². The van der Waals surface area contributed by atoms with Crippen LogP contribution in [0.5, 0.6) is 11.5 Å². The number of amides is 1. The van der Waals surface area contributed by atoms with E-state index in [1.165, 1.54) is 11.3 Å². The zero-order chi connectivity index (χ0) is 18.1. The molecule has 0 aliphatic carbocycles. The van der Waals surface area contributed by atoms with Crippen LogP contribution in [-0.4, -0.2) is 25.1 Å². The number of hydrogen-bond donors (Lipinski definition) is 1. The second-order valence-corrected chi connectivity index (χ2v) is 6.74. The molecule has 0 aliphatic heterocycles. The number of methoxy groups -OCH3 is 2. The van der Waals surface area contributed by atoms with Crippen molar-refractivity contribution in [3.63, 3.8) is 0 Å². The fourth-order valence-electron chi connectivity index (χ4n) is 2.79. The van der Waals surface area contributed by atoms with E-state index in [0.29, 0.717) is 22.1 Å². The highest BCUT2D eigenvalue weighted by Crippen LogP contribution is 2.31. The number of aromatic nitrogens is 1. The molecule has 6 heteroatoms. The second kappa shape index (κ2) is 6.65. The standard InChI is InChI=1S/C20H16N2O3S/c1-24-16-8-7-14(11-17(16)25-2)21-19(23)18-10-13-9-12-5-3-4-6-15(12)22-20(13)26-18/h3-11H,1-2H3,(H,21,23). The van der Waals surface area contributed by atoms with Crippen molar-refractivity contribution in [1.29, 1.82) is 0 Å². The number of pyridine rings is 1. The molecule has 2 heterocycles. The lowest BCUT2D eigenvalue weighted by Crippen LogP contribution is -2.10. The predicted octanol–water partition coefficient (Wildman–Crippen LogP) is 4.72. The number of carbonyl (C=O) groups excluding carboxylic acids is 1. The van der Waals surface area contributed by atoms with E-state index in [9.17, 15) is 4.79 Å². The lowest BCUT2D eigenvalue weighted by atomic mass is 10.2. The van der Waals surface area contributed by atoms with Gasteiger partial charge >= 0.3 is 0 Å². The molecule has 0 atom stereocenters. The lowest BCUT2D eigenvalue weighted by molar-refractivity contribution is 0.103. The zero-order valence-electron chi connectivity index (χ0n) is 14.3. The number of para-hydroxylation sites is 1. The van der Waals surface area contributed by atoms with Gasteiger partial charge in [-0.25, -0.2) is 4.98 Å². The third kappa shape index (κ3) is 2.95. The first-order valence-corrected chi connectivity index (χ1v) is 8.82. The summed E-state index contributed by atoms with van der Waals surface area (Å²) in [6.45, 7) is 0. The van der Waals surface area contributed by atoms with Crippen LogP contribution >= 0.6 is 11.3 Å². The van der Waals surface area contributed by atoms with Crippen molar-refractivity contribution in [2.45, 2.75) is 0 Å². The molecule has 0 radical (unpaired) electrons. The van der Waals surface area contributed by atoms with Crippen LogP contribution in [0.25, 0.3) is 21.1 Å². The molecule has 5 nitrogen and oxygen atoms in total. The minimum absolute atomic E-state index is 0.177. The molecule has 2 aromatic heterocycles. The summed E-state index contributed by atoms with van der Waals surface area (Å²) in [7, 11) is 3.13. The van der Waals surface area contributed by atoms with Gasteiger partial charge in [-0.3, -0.25) is 4.79 Å². The zero-order valence-corrected chi connectivity index (χ0v) is 15.1. The third-order valence-corrected chi connectivity index (χ3v) is 5.12. The topological polar surface area (TPSA) is 60.5 Å². The maximum Gasteiger partial charge on any atom is 0.265 e. The van der Waals surface area contributed by atoms with E-state index in [2.05, 4.69) is 16.4 Å². The van der Waals surface area contributed by atoms with Crippen LogP contribution in [0.4, 0.5) is 5.69 Å². The van der Waals surface area contributed by atoms with Crippen LogP contribution in [0.15, 0.2) is 54.6 Å². The smallest absolute Gasteiger partial charge is 0.265 e. The van der Waals surface area contributed by atoms with Gasteiger partial charge in [-0.1, -0.05) is 18.2 Å². The van der Waals surface area contributed by atoms with Crippen molar-refractivity contribution in [2.24, 2.45) is 0 Å². The van der Waals surface area contributed by atoms with E-state index in [-0.39, 0.29) is 5.91 Å². The van der Waals surface area contributed by atoms with Gasteiger partial charge in [0.15, 0.2) is 11.5 Å². The first kappa shape index (κ1) is 16.4. The molecule has 0 saturated carbocycles. The summed E-state index contributed by atoms with van der Waals surface area (Å²) in [4.78, 5) is 18.7. The van der Waals surface area contributed by atoms with Crippen molar-refractivity contribution < 1.29 is 14.3 Å². The van der Waals surface area contributed by atoms with Gasteiger partial charge in [0, 0.05) is 22.5 Å². The van der Waals surface area contributed by atoms with Gasteiger partial charge in [-0.15, -0.1) is 11.3 Å². The summed E-state index contributed by atoms with van der Waals surface area (Å²) in [5.41, 5.74) is 1.57. The predicted molar refractivity (Wildman–Crippen MR) is 105 cm³/mol. The van der Waals surface area contributed by atoms with E-state index in [0.717, 1.165) is 21.1 Å². The molecular weight excluding hydrogens is 348 g/mol. The number of anilines is 1. The van der Waals surface area contributed by atoms with E-state index < -0.39 is 0 Å². The number of fused-ring (bicyclic) bond motifs is 2. The number of carbonyl (C=O) groups is 1. The van der Waals surface area contributed by atoms with Crippen LogP contribution in [0.2, 0.25) is 0 Å². The fraction of sp³-hybridized carbons (Fsp3) is 0.100. The molecule has 0 bridgehead atoms. The van der Waals surface area contributed by atoms with Gasteiger partial charge < -0.3 is 14.8 Å².